The molecule has 2 aromatic carbocycles. The van der Waals surface area contributed by atoms with E-state index in [1.165, 1.54) is 21.3 Å². The number of aromatic hydroxyl groups is 1. The Kier molecular flexibility index (Phi) is 4.89. The molecule has 0 bridgehead atoms. The van der Waals surface area contributed by atoms with Crippen molar-refractivity contribution in [2.24, 2.45) is 5.92 Å². The molecule has 3 unspecified atom stereocenters. The highest BCUT2D eigenvalue weighted by molar-refractivity contribution is 6.07. The van der Waals surface area contributed by atoms with Crippen LogP contribution in [0.1, 0.15) is 17.2 Å². The quantitative estimate of drug-likeness (QED) is 0.770. The summed E-state index contributed by atoms with van der Waals surface area (Å²) in [6.45, 7) is 0.383. The third-order valence-corrected chi connectivity index (χ3v) is 5.44. The third kappa shape index (κ3) is 3.10. The number of nitrogens with zero attached hydrogens (tertiary/aromatic N) is 2. The second-order valence-corrected chi connectivity index (χ2v) is 7.07. The van der Waals surface area contributed by atoms with Crippen molar-refractivity contribution < 1.29 is 29.0 Å². The van der Waals surface area contributed by atoms with Crippen molar-refractivity contribution >= 4 is 11.8 Å². The van der Waals surface area contributed by atoms with Crippen LogP contribution in [0.5, 0.6) is 17.2 Å². The SMILES string of the molecule is COc1cc(C2C3C(=O)N(C)C(=O)C3ON2Cc2ccccc2)cc(OC)c1O. The highest BCUT2D eigenvalue weighted by atomic mass is 16.7. The predicted molar refractivity (Wildman–Crippen MR) is 102 cm³/mol. The van der Waals surface area contributed by atoms with Gasteiger partial charge in [-0.25, -0.2) is 0 Å². The standard InChI is InChI=1S/C21H22N2O6/c1-22-20(25)16-17(13-9-14(27-2)18(24)15(10-13)28-3)23(29-19(16)21(22)26)11-12-7-5-4-6-8-12/h4-10,16-17,19,24H,11H2,1-3H3. The Hall–Kier alpha value is -3.10. The van der Waals surface area contributed by atoms with Gasteiger partial charge >= 0.3 is 0 Å². The van der Waals surface area contributed by atoms with Gasteiger partial charge in [0, 0.05) is 13.6 Å². The summed E-state index contributed by atoms with van der Waals surface area (Å²) in [5, 5.41) is 11.9. The van der Waals surface area contributed by atoms with Crippen LogP contribution in [0.2, 0.25) is 0 Å². The Morgan fingerprint density at radius 3 is 2.24 bits per heavy atom. The Labute approximate surface area is 168 Å². The lowest BCUT2D eigenvalue weighted by molar-refractivity contribution is -0.183. The molecule has 2 aliphatic heterocycles. The average molecular weight is 398 g/mol. The number of phenols is 1. The molecular formula is C21H22N2O6. The van der Waals surface area contributed by atoms with Crippen LogP contribution >= 0.6 is 0 Å². The van der Waals surface area contributed by atoms with Crippen LogP contribution < -0.4 is 9.47 Å². The molecule has 8 heteroatoms. The van der Waals surface area contributed by atoms with E-state index in [0.29, 0.717) is 12.1 Å². The Bertz CT molecular complexity index is 922. The minimum absolute atomic E-state index is 0.130. The number of rotatable bonds is 5. The summed E-state index contributed by atoms with van der Waals surface area (Å²) in [5.41, 5.74) is 1.62. The van der Waals surface area contributed by atoms with Crippen LogP contribution in [0.15, 0.2) is 42.5 Å². The summed E-state index contributed by atoms with van der Waals surface area (Å²) in [6, 6.07) is 12.4. The molecule has 8 nitrogen and oxygen atoms in total. The number of fused-ring (bicyclic) bond motifs is 1. The molecule has 0 saturated carbocycles. The number of amides is 2. The fraction of sp³-hybridized carbons (Fsp3) is 0.333. The minimum atomic E-state index is -0.882. The van der Waals surface area contributed by atoms with Crippen LogP contribution in [0, 0.1) is 5.92 Å². The number of methoxy groups -OCH3 is 2. The normalized spacial score (nSPS) is 24.1. The molecule has 3 atom stereocenters. The molecule has 1 N–H and O–H groups in total. The van der Waals surface area contributed by atoms with Gasteiger partial charge in [-0.3, -0.25) is 19.3 Å². The van der Waals surface area contributed by atoms with Gasteiger partial charge in [-0.1, -0.05) is 30.3 Å². The van der Waals surface area contributed by atoms with Crippen molar-refractivity contribution in [3.8, 4) is 17.2 Å². The monoisotopic (exact) mass is 398 g/mol. The van der Waals surface area contributed by atoms with E-state index in [-0.39, 0.29) is 29.1 Å². The summed E-state index contributed by atoms with van der Waals surface area (Å²) < 4.78 is 10.5. The molecule has 152 valence electrons. The zero-order chi connectivity index (χ0) is 20.7. The first-order valence-electron chi connectivity index (χ1n) is 9.20. The largest absolute Gasteiger partial charge is 0.502 e. The summed E-state index contributed by atoms with van der Waals surface area (Å²) >= 11 is 0. The maximum absolute atomic E-state index is 12.8. The Balaban J connectivity index is 1.79. The zero-order valence-electron chi connectivity index (χ0n) is 16.4. The van der Waals surface area contributed by atoms with Gasteiger partial charge in [0.2, 0.25) is 11.7 Å². The first-order valence-corrected chi connectivity index (χ1v) is 9.20. The highest BCUT2D eigenvalue weighted by Gasteiger charge is 2.58. The number of hydrogen-bond acceptors (Lipinski definition) is 7. The highest BCUT2D eigenvalue weighted by Crippen LogP contribution is 2.48. The van der Waals surface area contributed by atoms with E-state index < -0.39 is 18.1 Å². The molecule has 2 saturated heterocycles. The lowest BCUT2D eigenvalue weighted by Crippen LogP contribution is -2.34. The maximum atomic E-state index is 12.8. The molecule has 2 amide bonds. The summed E-state index contributed by atoms with van der Waals surface area (Å²) in [5.74, 6) is -1.06. The van der Waals surface area contributed by atoms with Gasteiger partial charge in [0.1, 0.15) is 0 Å². The number of imide groups is 1. The molecule has 0 aliphatic carbocycles. The number of carbonyl (C=O) groups is 2. The summed E-state index contributed by atoms with van der Waals surface area (Å²) in [4.78, 5) is 32.4. The van der Waals surface area contributed by atoms with Gasteiger partial charge in [-0.2, -0.15) is 5.06 Å². The van der Waals surface area contributed by atoms with E-state index in [2.05, 4.69) is 0 Å². The van der Waals surface area contributed by atoms with E-state index in [9.17, 15) is 14.7 Å². The van der Waals surface area contributed by atoms with E-state index >= 15 is 0 Å². The molecule has 2 heterocycles. The van der Waals surface area contributed by atoms with E-state index in [1.807, 2.05) is 30.3 Å². The van der Waals surface area contributed by atoms with Gasteiger partial charge in [-0.05, 0) is 23.3 Å². The van der Waals surface area contributed by atoms with Gasteiger partial charge in [0.15, 0.2) is 17.6 Å². The van der Waals surface area contributed by atoms with Gasteiger partial charge in [0.05, 0.1) is 26.2 Å². The molecular weight excluding hydrogens is 376 g/mol. The number of carbonyl (C=O) groups excluding carboxylic acids is 2. The second kappa shape index (κ2) is 7.38. The van der Waals surface area contributed by atoms with E-state index in [4.69, 9.17) is 14.3 Å². The van der Waals surface area contributed by atoms with Crippen molar-refractivity contribution in [2.75, 3.05) is 21.3 Å². The minimum Gasteiger partial charge on any atom is -0.502 e. The van der Waals surface area contributed by atoms with Crippen LogP contribution in [0.3, 0.4) is 0 Å². The van der Waals surface area contributed by atoms with Crippen molar-refractivity contribution in [1.29, 1.82) is 0 Å². The fourth-order valence-corrected chi connectivity index (χ4v) is 3.97. The fourth-order valence-electron chi connectivity index (χ4n) is 3.97. The lowest BCUT2D eigenvalue weighted by atomic mass is 9.90. The van der Waals surface area contributed by atoms with Crippen molar-refractivity contribution in [2.45, 2.75) is 18.7 Å². The maximum Gasteiger partial charge on any atom is 0.261 e. The van der Waals surface area contributed by atoms with Crippen LogP contribution in [-0.2, 0) is 21.0 Å². The summed E-state index contributed by atoms with van der Waals surface area (Å²) in [6.07, 6.45) is -0.882. The third-order valence-electron chi connectivity index (χ3n) is 5.44. The molecule has 2 aromatic rings. The molecule has 2 fully saturated rings. The first kappa shape index (κ1) is 19.2. The van der Waals surface area contributed by atoms with Crippen molar-refractivity contribution in [1.82, 2.24) is 9.96 Å². The molecule has 29 heavy (non-hydrogen) atoms. The topological polar surface area (TPSA) is 88.5 Å². The van der Waals surface area contributed by atoms with Crippen LogP contribution in [-0.4, -0.2) is 54.3 Å². The number of hydroxylamine groups is 2. The Morgan fingerprint density at radius 2 is 1.66 bits per heavy atom. The van der Waals surface area contributed by atoms with Gasteiger partial charge in [-0.15, -0.1) is 0 Å². The van der Waals surface area contributed by atoms with Crippen molar-refractivity contribution in [3.05, 3.63) is 53.6 Å². The Morgan fingerprint density at radius 1 is 1.03 bits per heavy atom. The first-order chi connectivity index (χ1) is 14.0. The summed E-state index contributed by atoms with van der Waals surface area (Å²) in [7, 11) is 4.33. The predicted octanol–water partition coefficient (Wildman–Crippen LogP) is 1.88. The molecule has 0 spiro atoms. The van der Waals surface area contributed by atoms with Gasteiger partial charge in [0.25, 0.3) is 5.91 Å². The lowest BCUT2D eigenvalue weighted by Gasteiger charge is -2.27. The number of likely N-dealkylation sites (N-methyl/N-ethyl adjacent to an activating group) is 1. The number of benzene rings is 2. The number of phenolic OH excluding ortho intramolecular Hbond substituents is 1. The molecule has 2 aliphatic rings. The zero-order valence-corrected chi connectivity index (χ0v) is 16.4. The van der Waals surface area contributed by atoms with Crippen LogP contribution in [0.4, 0.5) is 0 Å². The molecule has 0 radical (unpaired) electrons. The van der Waals surface area contributed by atoms with Crippen LogP contribution in [0.25, 0.3) is 0 Å². The van der Waals surface area contributed by atoms with E-state index in [0.717, 1.165) is 10.5 Å². The number of likely N-dealkylation sites (tertiary alicyclic amines) is 1. The molecule has 4 rings (SSSR count). The number of hydrogen-bond donors (Lipinski definition) is 1. The van der Waals surface area contributed by atoms with Crippen molar-refractivity contribution in [3.63, 3.8) is 0 Å². The average Bonchev–Trinajstić information content (AvgIpc) is 3.20. The smallest absolute Gasteiger partial charge is 0.261 e. The molecule has 0 aromatic heterocycles. The number of ether oxygens (including phenoxy) is 2. The second-order valence-electron chi connectivity index (χ2n) is 7.07. The van der Waals surface area contributed by atoms with E-state index in [1.54, 1.807) is 17.2 Å². The van der Waals surface area contributed by atoms with Gasteiger partial charge < -0.3 is 14.6 Å².